The van der Waals surface area contributed by atoms with Crippen molar-refractivity contribution in [2.75, 3.05) is 12.8 Å². The molecule has 1 heterocycles. The third kappa shape index (κ3) is 2.88. The first-order valence-electron chi connectivity index (χ1n) is 5.75. The van der Waals surface area contributed by atoms with Crippen LogP contribution in [0.2, 0.25) is 0 Å². The summed E-state index contributed by atoms with van der Waals surface area (Å²) in [5.74, 6) is 0.686. The Morgan fingerprint density at radius 1 is 1.37 bits per heavy atom. The molecule has 0 spiro atoms. The molecule has 5 nitrogen and oxygen atoms in total. The van der Waals surface area contributed by atoms with Gasteiger partial charge in [0.2, 0.25) is 0 Å². The minimum absolute atomic E-state index is 0.155. The van der Waals surface area contributed by atoms with E-state index in [0.29, 0.717) is 22.8 Å². The van der Waals surface area contributed by atoms with Gasteiger partial charge in [0.25, 0.3) is 0 Å². The van der Waals surface area contributed by atoms with E-state index in [1.165, 1.54) is 13.4 Å². The molecule has 0 radical (unpaired) electrons. The summed E-state index contributed by atoms with van der Waals surface area (Å²) in [6.07, 6.45) is 1.43. The molecule has 2 aromatic rings. The van der Waals surface area contributed by atoms with E-state index in [2.05, 4.69) is 4.74 Å². The van der Waals surface area contributed by atoms with E-state index in [1.807, 2.05) is 13.0 Å². The van der Waals surface area contributed by atoms with Crippen molar-refractivity contribution < 1.29 is 18.7 Å². The Hall–Kier alpha value is -2.43. The van der Waals surface area contributed by atoms with Crippen LogP contribution in [0.3, 0.4) is 0 Å². The minimum Gasteiger partial charge on any atom is -0.485 e. The van der Waals surface area contributed by atoms with Gasteiger partial charge in [-0.2, -0.15) is 0 Å². The normalized spacial score (nSPS) is 10.2. The molecule has 0 saturated carbocycles. The number of benzene rings is 1. The second-order valence-corrected chi connectivity index (χ2v) is 4.06. The first-order valence-corrected chi connectivity index (χ1v) is 5.75. The summed E-state index contributed by atoms with van der Waals surface area (Å²) in [6, 6.07) is 6.91. The molecule has 0 aliphatic carbocycles. The Balaban J connectivity index is 2.10. The molecule has 0 bridgehead atoms. The lowest BCUT2D eigenvalue weighted by molar-refractivity contribution is 0.0595. The number of carbonyl (C=O) groups excluding carboxylic acids is 1. The molecule has 2 N–H and O–H groups in total. The fraction of sp³-hybridized carbons (Fsp3) is 0.214. The maximum absolute atomic E-state index is 11.5. The molecule has 2 rings (SSSR count). The molecular formula is C14H15NO4. The van der Waals surface area contributed by atoms with Gasteiger partial charge in [0.1, 0.15) is 17.9 Å². The number of esters is 1. The Morgan fingerprint density at radius 2 is 2.16 bits per heavy atom. The number of anilines is 1. The van der Waals surface area contributed by atoms with Crippen LogP contribution in [-0.2, 0) is 11.3 Å². The zero-order valence-corrected chi connectivity index (χ0v) is 10.8. The Bertz CT molecular complexity index is 589. The number of furan rings is 1. The first kappa shape index (κ1) is 13.0. The lowest BCUT2D eigenvalue weighted by Crippen LogP contribution is -2.05. The van der Waals surface area contributed by atoms with Crippen LogP contribution in [0.1, 0.15) is 21.7 Å². The van der Waals surface area contributed by atoms with Crippen LogP contribution >= 0.6 is 0 Å². The van der Waals surface area contributed by atoms with Crippen molar-refractivity contribution in [1.29, 1.82) is 0 Å². The lowest BCUT2D eigenvalue weighted by atomic mass is 10.2. The van der Waals surface area contributed by atoms with Gasteiger partial charge >= 0.3 is 5.97 Å². The lowest BCUT2D eigenvalue weighted by Gasteiger charge is -2.09. The van der Waals surface area contributed by atoms with E-state index in [9.17, 15) is 4.79 Å². The average Bonchev–Trinajstić information content (AvgIpc) is 2.85. The van der Waals surface area contributed by atoms with E-state index in [4.69, 9.17) is 14.9 Å². The van der Waals surface area contributed by atoms with E-state index < -0.39 is 5.97 Å². The van der Waals surface area contributed by atoms with Crippen molar-refractivity contribution in [3.8, 4) is 5.75 Å². The molecule has 5 heteroatoms. The van der Waals surface area contributed by atoms with Gasteiger partial charge in [-0.3, -0.25) is 0 Å². The van der Waals surface area contributed by atoms with Gasteiger partial charge in [0, 0.05) is 5.69 Å². The number of aryl methyl sites for hydroxylation is 1. The van der Waals surface area contributed by atoms with Crippen LogP contribution in [0.15, 0.2) is 34.9 Å². The maximum Gasteiger partial charge on any atom is 0.341 e. The molecule has 0 saturated heterocycles. The minimum atomic E-state index is -0.443. The number of hydrogen-bond donors (Lipinski definition) is 1. The summed E-state index contributed by atoms with van der Waals surface area (Å²) >= 11 is 0. The predicted octanol–water partition coefficient (Wildman–Crippen LogP) is 2.54. The zero-order valence-electron chi connectivity index (χ0n) is 10.8. The van der Waals surface area contributed by atoms with Crippen molar-refractivity contribution >= 4 is 11.7 Å². The summed E-state index contributed by atoms with van der Waals surface area (Å²) in [5, 5.41) is 0. The van der Waals surface area contributed by atoms with Crippen LogP contribution in [0, 0.1) is 6.92 Å². The van der Waals surface area contributed by atoms with Crippen LogP contribution < -0.4 is 10.5 Å². The van der Waals surface area contributed by atoms with Gasteiger partial charge in [-0.1, -0.05) is 0 Å². The zero-order chi connectivity index (χ0) is 13.8. The average molecular weight is 261 g/mol. The number of nitrogens with two attached hydrogens (primary N) is 1. The molecular weight excluding hydrogens is 246 g/mol. The highest BCUT2D eigenvalue weighted by Gasteiger charge is 2.15. The molecule has 19 heavy (non-hydrogen) atoms. The van der Waals surface area contributed by atoms with Gasteiger partial charge in [0.15, 0.2) is 5.76 Å². The predicted molar refractivity (Wildman–Crippen MR) is 70.0 cm³/mol. The van der Waals surface area contributed by atoms with E-state index >= 15 is 0 Å². The topological polar surface area (TPSA) is 74.7 Å². The molecule has 0 fully saturated rings. The Labute approximate surface area is 110 Å². The second kappa shape index (κ2) is 5.48. The van der Waals surface area contributed by atoms with E-state index in [-0.39, 0.29) is 6.61 Å². The molecule has 1 aromatic heterocycles. The summed E-state index contributed by atoms with van der Waals surface area (Å²) in [4.78, 5) is 11.5. The maximum atomic E-state index is 11.5. The van der Waals surface area contributed by atoms with Gasteiger partial charge in [-0.15, -0.1) is 0 Å². The first-order chi connectivity index (χ1) is 9.11. The smallest absolute Gasteiger partial charge is 0.341 e. The summed E-state index contributed by atoms with van der Waals surface area (Å²) in [5.41, 5.74) is 7.64. The van der Waals surface area contributed by atoms with Crippen LogP contribution in [0.4, 0.5) is 5.69 Å². The molecule has 1 aromatic carbocycles. The number of ether oxygens (including phenoxy) is 2. The number of nitrogen functional groups attached to an aromatic ring is 1. The number of hydrogen-bond acceptors (Lipinski definition) is 5. The van der Waals surface area contributed by atoms with Gasteiger partial charge in [-0.05, 0) is 36.8 Å². The van der Waals surface area contributed by atoms with Crippen molar-refractivity contribution in [2.45, 2.75) is 13.5 Å². The van der Waals surface area contributed by atoms with Crippen molar-refractivity contribution in [3.63, 3.8) is 0 Å². The van der Waals surface area contributed by atoms with Crippen molar-refractivity contribution in [1.82, 2.24) is 0 Å². The van der Waals surface area contributed by atoms with Crippen LogP contribution in [-0.4, -0.2) is 13.1 Å². The standard InChI is InChI=1S/C14H15NO4/c1-9-7-10(15)3-4-12(9)19-8-13-11(5-6-18-13)14(16)17-2/h3-7H,8,15H2,1-2H3. The molecule has 0 aliphatic heterocycles. The quantitative estimate of drug-likeness (QED) is 0.676. The third-order valence-corrected chi connectivity index (χ3v) is 2.71. The second-order valence-electron chi connectivity index (χ2n) is 4.06. The molecule has 0 aliphatic rings. The summed E-state index contributed by atoms with van der Waals surface area (Å²) in [7, 11) is 1.32. The Morgan fingerprint density at radius 3 is 2.84 bits per heavy atom. The SMILES string of the molecule is COC(=O)c1ccoc1COc1ccc(N)cc1C. The van der Waals surface area contributed by atoms with Crippen molar-refractivity contribution in [3.05, 3.63) is 47.4 Å². The largest absolute Gasteiger partial charge is 0.485 e. The molecule has 0 atom stereocenters. The molecule has 100 valence electrons. The number of methoxy groups -OCH3 is 1. The van der Waals surface area contributed by atoms with E-state index in [1.54, 1.807) is 18.2 Å². The third-order valence-electron chi connectivity index (χ3n) is 2.71. The van der Waals surface area contributed by atoms with Crippen LogP contribution in [0.5, 0.6) is 5.75 Å². The van der Waals surface area contributed by atoms with Crippen LogP contribution in [0.25, 0.3) is 0 Å². The van der Waals surface area contributed by atoms with E-state index in [0.717, 1.165) is 5.56 Å². The fourth-order valence-electron chi connectivity index (χ4n) is 1.72. The Kier molecular flexibility index (Phi) is 3.75. The molecule has 0 amide bonds. The number of rotatable bonds is 4. The summed E-state index contributed by atoms with van der Waals surface area (Å²) in [6.45, 7) is 2.05. The van der Waals surface area contributed by atoms with Gasteiger partial charge in [-0.25, -0.2) is 4.79 Å². The summed E-state index contributed by atoms with van der Waals surface area (Å²) < 4.78 is 15.5. The van der Waals surface area contributed by atoms with Gasteiger partial charge < -0.3 is 19.6 Å². The van der Waals surface area contributed by atoms with Crippen molar-refractivity contribution in [2.24, 2.45) is 0 Å². The van der Waals surface area contributed by atoms with Gasteiger partial charge in [0.05, 0.1) is 13.4 Å². The fourth-order valence-corrected chi connectivity index (χ4v) is 1.72. The number of carbonyl (C=O) groups is 1. The highest BCUT2D eigenvalue weighted by atomic mass is 16.5. The highest BCUT2D eigenvalue weighted by molar-refractivity contribution is 5.90. The molecule has 0 unspecified atom stereocenters. The monoisotopic (exact) mass is 261 g/mol. The highest BCUT2D eigenvalue weighted by Crippen LogP contribution is 2.22.